The highest BCUT2D eigenvalue weighted by Crippen LogP contribution is 2.26. The number of thiazole rings is 1. The zero-order chi connectivity index (χ0) is 13.1. The van der Waals surface area contributed by atoms with Gasteiger partial charge in [0.05, 0.1) is 10.2 Å². The highest BCUT2D eigenvalue weighted by molar-refractivity contribution is 7.22. The Morgan fingerprint density at radius 2 is 2.05 bits per heavy atom. The van der Waals surface area contributed by atoms with Crippen LogP contribution < -0.4 is 5.32 Å². The molecule has 0 unspecified atom stereocenters. The molecule has 0 amide bonds. The summed E-state index contributed by atoms with van der Waals surface area (Å²) in [4.78, 5) is 8.63. The van der Waals surface area contributed by atoms with E-state index >= 15 is 0 Å². The number of hydrogen-bond donors (Lipinski definition) is 1. The van der Waals surface area contributed by atoms with Gasteiger partial charge in [0.1, 0.15) is 0 Å². The third-order valence-electron chi connectivity index (χ3n) is 3.09. The molecule has 0 saturated carbocycles. The smallest absolute Gasteiger partial charge is 0.183 e. The molecule has 0 aliphatic rings. The van der Waals surface area contributed by atoms with Gasteiger partial charge in [-0.1, -0.05) is 23.5 Å². The number of benzene rings is 1. The lowest BCUT2D eigenvalue weighted by atomic mass is 10.1. The van der Waals surface area contributed by atoms with Crippen molar-refractivity contribution in [1.82, 2.24) is 9.97 Å². The zero-order valence-electron chi connectivity index (χ0n) is 10.8. The number of nitrogens with zero attached hydrogens (tertiary/aromatic N) is 2. The number of rotatable bonds is 4. The lowest BCUT2D eigenvalue weighted by molar-refractivity contribution is 0.952. The molecule has 0 aliphatic heterocycles. The van der Waals surface area contributed by atoms with E-state index < -0.39 is 0 Å². The normalized spacial score (nSPS) is 10.8. The summed E-state index contributed by atoms with van der Waals surface area (Å²) in [5.74, 6) is 0. The summed E-state index contributed by atoms with van der Waals surface area (Å²) in [6.45, 7) is 0. The van der Waals surface area contributed by atoms with Crippen LogP contribution in [0.25, 0.3) is 10.2 Å². The topological polar surface area (TPSA) is 37.8 Å². The molecular formula is C15H15N3S. The predicted molar refractivity (Wildman–Crippen MR) is 80.8 cm³/mol. The van der Waals surface area contributed by atoms with Gasteiger partial charge >= 0.3 is 0 Å². The van der Waals surface area contributed by atoms with Crippen LogP contribution in [0, 0.1) is 0 Å². The first-order valence-corrected chi connectivity index (χ1v) is 7.13. The van der Waals surface area contributed by atoms with Crippen molar-refractivity contribution in [2.75, 3.05) is 12.4 Å². The van der Waals surface area contributed by atoms with Crippen LogP contribution in [0.4, 0.5) is 5.13 Å². The van der Waals surface area contributed by atoms with E-state index in [0.717, 1.165) is 23.5 Å². The number of fused-ring (bicyclic) bond motifs is 1. The van der Waals surface area contributed by atoms with E-state index in [0.29, 0.717) is 0 Å². The molecule has 0 saturated heterocycles. The summed E-state index contributed by atoms with van der Waals surface area (Å²) >= 11 is 1.70. The maximum absolute atomic E-state index is 4.49. The standard InChI is InChI=1S/C15H15N3S/c1-16-15-18-13-7-6-11(9-14(13)19-15)4-5-12-3-2-8-17-10-12/h2-3,6-10H,4-5H2,1H3,(H,16,18). The maximum Gasteiger partial charge on any atom is 0.183 e. The SMILES string of the molecule is CNc1nc2ccc(CCc3cccnc3)cc2s1. The van der Waals surface area contributed by atoms with Gasteiger partial charge in [0.2, 0.25) is 0 Å². The van der Waals surface area contributed by atoms with Gasteiger partial charge in [0, 0.05) is 19.4 Å². The van der Waals surface area contributed by atoms with Gasteiger partial charge in [-0.2, -0.15) is 0 Å². The molecule has 3 aromatic rings. The summed E-state index contributed by atoms with van der Waals surface area (Å²) in [7, 11) is 1.90. The van der Waals surface area contributed by atoms with Gasteiger partial charge in [-0.15, -0.1) is 0 Å². The monoisotopic (exact) mass is 269 g/mol. The molecule has 1 aromatic carbocycles. The van der Waals surface area contributed by atoms with Crippen LogP contribution >= 0.6 is 11.3 Å². The largest absolute Gasteiger partial charge is 0.365 e. The third-order valence-corrected chi connectivity index (χ3v) is 4.13. The second kappa shape index (κ2) is 5.36. The van der Waals surface area contributed by atoms with Crippen molar-refractivity contribution in [2.24, 2.45) is 0 Å². The van der Waals surface area contributed by atoms with Gasteiger partial charge in [-0.25, -0.2) is 4.98 Å². The molecule has 0 atom stereocenters. The molecule has 0 fully saturated rings. The minimum absolute atomic E-state index is 0.972. The first-order valence-electron chi connectivity index (χ1n) is 6.31. The Morgan fingerprint density at radius 1 is 1.16 bits per heavy atom. The van der Waals surface area contributed by atoms with Gasteiger partial charge in [-0.3, -0.25) is 4.98 Å². The van der Waals surface area contributed by atoms with E-state index in [4.69, 9.17) is 0 Å². The first-order chi connectivity index (χ1) is 9.35. The van der Waals surface area contributed by atoms with Gasteiger partial charge in [-0.05, 0) is 42.2 Å². The predicted octanol–water partition coefficient (Wildman–Crippen LogP) is 3.52. The number of hydrogen-bond acceptors (Lipinski definition) is 4. The minimum atomic E-state index is 0.972. The van der Waals surface area contributed by atoms with E-state index in [-0.39, 0.29) is 0 Å². The summed E-state index contributed by atoms with van der Waals surface area (Å²) in [6.07, 6.45) is 5.81. The summed E-state index contributed by atoms with van der Waals surface area (Å²) in [6, 6.07) is 10.6. The summed E-state index contributed by atoms with van der Waals surface area (Å²) in [5.41, 5.74) is 3.70. The van der Waals surface area contributed by atoms with Crippen molar-refractivity contribution >= 4 is 26.7 Å². The molecule has 0 bridgehead atoms. The van der Waals surface area contributed by atoms with Crippen molar-refractivity contribution in [3.8, 4) is 0 Å². The quantitative estimate of drug-likeness (QED) is 0.787. The lowest BCUT2D eigenvalue weighted by Crippen LogP contribution is -1.91. The maximum atomic E-state index is 4.49. The van der Waals surface area contributed by atoms with Crippen molar-refractivity contribution in [2.45, 2.75) is 12.8 Å². The zero-order valence-corrected chi connectivity index (χ0v) is 11.6. The minimum Gasteiger partial charge on any atom is -0.365 e. The van der Waals surface area contributed by atoms with Crippen LogP contribution in [0.5, 0.6) is 0 Å². The molecule has 0 aliphatic carbocycles. The molecule has 3 nitrogen and oxygen atoms in total. The van der Waals surface area contributed by atoms with Crippen molar-refractivity contribution in [1.29, 1.82) is 0 Å². The lowest BCUT2D eigenvalue weighted by Gasteiger charge is -2.01. The van der Waals surface area contributed by atoms with E-state index in [9.17, 15) is 0 Å². The average molecular weight is 269 g/mol. The second-order valence-corrected chi connectivity index (χ2v) is 5.46. The van der Waals surface area contributed by atoms with Crippen LogP contribution in [0.2, 0.25) is 0 Å². The molecule has 0 spiro atoms. The Morgan fingerprint density at radius 3 is 2.84 bits per heavy atom. The van der Waals surface area contributed by atoms with Crippen LogP contribution in [0.3, 0.4) is 0 Å². The summed E-state index contributed by atoms with van der Waals surface area (Å²) < 4.78 is 1.24. The Hall–Kier alpha value is -1.94. The van der Waals surface area contributed by atoms with Gasteiger partial charge in [0.15, 0.2) is 5.13 Å². The number of aromatic nitrogens is 2. The van der Waals surface area contributed by atoms with E-state index in [1.54, 1.807) is 11.3 Å². The van der Waals surface area contributed by atoms with Gasteiger partial charge < -0.3 is 5.32 Å². The molecule has 0 radical (unpaired) electrons. The van der Waals surface area contributed by atoms with Crippen molar-refractivity contribution in [3.05, 3.63) is 53.9 Å². The fraction of sp³-hybridized carbons (Fsp3) is 0.200. The molecule has 4 heteroatoms. The van der Waals surface area contributed by atoms with E-state index in [2.05, 4.69) is 39.6 Å². The van der Waals surface area contributed by atoms with Crippen LogP contribution in [-0.4, -0.2) is 17.0 Å². The van der Waals surface area contributed by atoms with Crippen LogP contribution in [-0.2, 0) is 12.8 Å². The van der Waals surface area contributed by atoms with Crippen LogP contribution in [0.15, 0.2) is 42.7 Å². The second-order valence-electron chi connectivity index (χ2n) is 4.43. The summed E-state index contributed by atoms with van der Waals surface area (Å²) in [5, 5.41) is 4.06. The molecule has 19 heavy (non-hydrogen) atoms. The Labute approximate surface area is 116 Å². The van der Waals surface area contributed by atoms with Crippen molar-refractivity contribution in [3.63, 3.8) is 0 Å². The Balaban J connectivity index is 1.78. The fourth-order valence-corrected chi connectivity index (χ4v) is 2.95. The molecule has 1 N–H and O–H groups in total. The molecule has 96 valence electrons. The average Bonchev–Trinajstić information content (AvgIpc) is 2.88. The number of aryl methyl sites for hydroxylation is 2. The highest BCUT2D eigenvalue weighted by atomic mass is 32.1. The molecule has 2 aromatic heterocycles. The third kappa shape index (κ3) is 2.74. The van der Waals surface area contributed by atoms with Gasteiger partial charge in [0.25, 0.3) is 0 Å². The van der Waals surface area contributed by atoms with Crippen LogP contribution in [0.1, 0.15) is 11.1 Å². The molecular weight excluding hydrogens is 254 g/mol. The molecule has 3 rings (SSSR count). The number of nitrogens with one attached hydrogen (secondary N) is 1. The first kappa shape index (κ1) is 12.1. The van der Waals surface area contributed by atoms with Crippen molar-refractivity contribution < 1.29 is 0 Å². The number of anilines is 1. The highest BCUT2D eigenvalue weighted by Gasteiger charge is 2.03. The van der Waals surface area contributed by atoms with E-state index in [1.165, 1.54) is 15.8 Å². The Bertz CT molecular complexity index is 676. The fourth-order valence-electron chi connectivity index (χ4n) is 2.07. The number of pyridine rings is 1. The molecule has 2 heterocycles. The Kier molecular flexibility index (Phi) is 3.42. The van der Waals surface area contributed by atoms with E-state index in [1.807, 2.05) is 25.5 Å².